The molecule has 3 fully saturated rings. The first kappa shape index (κ1) is 15.5. The van der Waals surface area contributed by atoms with Gasteiger partial charge < -0.3 is 9.47 Å². The van der Waals surface area contributed by atoms with Crippen LogP contribution in [-0.4, -0.2) is 29.4 Å². The maximum atomic E-state index is 12.3. The largest absolute Gasteiger partial charge is 0.461 e. The van der Waals surface area contributed by atoms with Gasteiger partial charge in [0.2, 0.25) is 0 Å². The van der Waals surface area contributed by atoms with E-state index in [0.29, 0.717) is 12.8 Å². The van der Waals surface area contributed by atoms with Gasteiger partial charge in [-0.3, -0.25) is 14.4 Å². The average Bonchev–Trinajstić information content (AvgIpc) is 2.82. The normalized spacial score (nSPS) is 47.5. The van der Waals surface area contributed by atoms with Gasteiger partial charge in [-0.15, -0.1) is 0 Å². The van der Waals surface area contributed by atoms with Crippen molar-refractivity contribution < 1.29 is 23.9 Å². The fourth-order valence-corrected chi connectivity index (χ4v) is 4.90. The molecule has 0 bridgehead atoms. The van der Waals surface area contributed by atoms with E-state index in [2.05, 4.69) is 0 Å². The van der Waals surface area contributed by atoms with E-state index in [0.717, 1.165) is 6.42 Å². The minimum Gasteiger partial charge on any atom is -0.461 e. The Labute approximate surface area is 130 Å². The summed E-state index contributed by atoms with van der Waals surface area (Å²) in [4.78, 5) is 35.8. The van der Waals surface area contributed by atoms with E-state index in [9.17, 15) is 14.4 Å². The summed E-state index contributed by atoms with van der Waals surface area (Å²) >= 11 is 0. The molecule has 0 aromatic rings. The lowest BCUT2D eigenvalue weighted by molar-refractivity contribution is -0.167. The third-order valence-corrected chi connectivity index (χ3v) is 6.17. The van der Waals surface area contributed by atoms with Gasteiger partial charge in [-0.25, -0.2) is 0 Å². The van der Waals surface area contributed by atoms with E-state index in [1.54, 1.807) is 0 Å². The van der Waals surface area contributed by atoms with E-state index in [-0.39, 0.29) is 53.4 Å². The van der Waals surface area contributed by atoms with Gasteiger partial charge in [0.25, 0.3) is 0 Å². The smallest absolute Gasteiger partial charge is 0.309 e. The molecule has 2 aliphatic carbocycles. The molecule has 3 rings (SSSR count). The molecule has 1 heterocycles. The SMILES string of the molecule is CC(=O)O[C@]1(C)CC[C@@H]2[C@H](OC(=O)[C@H]2C)[C@H]2[C@H](C)C(=O)C[C@H]21. The van der Waals surface area contributed by atoms with Crippen molar-refractivity contribution in [3.05, 3.63) is 0 Å². The van der Waals surface area contributed by atoms with E-state index in [1.165, 1.54) is 6.92 Å². The van der Waals surface area contributed by atoms with Crippen LogP contribution in [0.3, 0.4) is 0 Å². The highest BCUT2D eigenvalue weighted by atomic mass is 16.6. The second-order valence-corrected chi connectivity index (χ2v) is 7.44. The lowest BCUT2D eigenvalue weighted by Gasteiger charge is -2.37. The van der Waals surface area contributed by atoms with Crippen molar-refractivity contribution in [1.29, 1.82) is 0 Å². The highest BCUT2D eigenvalue weighted by molar-refractivity contribution is 5.84. The van der Waals surface area contributed by atoms with Crippen LogP contribution in [0.4, 0.5) is 0 Å². The van der Waals surface area contributed by atoms with E-state index >= 15 is 0 Å². The molecular formula is C17H24O5. The summed E-state index contributed by atoms with van der Waals surface area (Å²) in [6.07, 6.45) is 1.65. The molecule has 2 saturated carbocycles. The van der Waals surface area contributed by atoms with E-state index < -0.39 is 5.60 Å². The zero-order valence-corrected chi connectivity index (χ0v) is 13.6. The first-order valence-electron chi connectivity index (χ1n) is 8.17. The third kappa shape index (κ3) is 2.17. The van der Waals surface area contributed by atoms with Gasteiger partial charge in [0, 0.05) is 37.0 Å². The molecule has 1 aliphatic heterocycles. The second-order valence-electron chi connectivity index (χ2n) is 7.44. The molecule has 22 heavy (non-hydrogen) atoms. The fourth-order valence-electron chi connectivity index (χ4n) is 4.90. The van der Waals surface area contributed by atoms with Gasteiger partial charge in [-0.1, -0.05) is 13.8 Å². The minimum absolute atomic E-state index is 0.0433. The van der Waals surface area contributed by atoms with Gasteiger partial charge in [0.05, 0.1) is 5.92 Å². The summed E-state index contributed by atoms with van der Waals surface area (Å²) in [6, 6.07) is 0. The second kappa shape index (κ2) is 5.07. The van der Waals surface area contributed by atoms with Crippen molar-refractivity contribution in [3.63, 3.8) is 0 Å². The maximum Gasteiger partial charge on any atom is 0.309 e. The Kier molecular flexibility index (Phi) is 3.57. The quantitative estimate of drug-likeness (QED) is 0.694. The Morgan fingerprint density at radius 1 is 1.27 bits per heavy atom. The van der Waals surface area contributed by atoms with Crippen LogP contribution in [0.25, 0.3) is 0 Å². The van der Waals surface area contributed by atoms with Gasteiger partial charge in [-0.05, 0) is 19.8 Å². The number of rotatable bonds is 1. The first-order chi connectivity index (χ1) is 10.2. The molecule has 0 aromatic carbocycles. The highest BCUT2D eigenvalue weighted by Crippen LogP contribution is 2.54. The molecule has 0 radical (unpaired) electrons. The Hall–Kier alpha value is -1.39. The number of hydrogen-bond donors (Lipinski definition) is 0. The van der Waals surface area contributed by atoms with Crippen molar-refractivity contribution in [3.8, 4) is 0 Å². The molecule has 7 atom stereocenters. The number of carbonyl (C=O) groups is 3. The minimum atomic E-state index is -0.645. The first-order valence-corrected chi connectivity index (χ1v) is 8.17. The molecule has 0 N–H and O–H groups in total. The molecule has 0 aromatic heterocycles. The number of esters is 2. The molecule has 5 heteroatoms. The number of fused-ring (bicyclic) bond motifs is 3. The molecule has 0 unspecified atom stereocenters. The lowest BCUT2D eigenvalue weighted by Crippen LogP contribution is -2.43. The van der Waals surface area contributed by atoms with Crippen molar-refractivity contribution in [2.24, 2.45) is 29.6 Å². The van der Waals surface area contributed by atoms with Crippen molar-refractivity contribution in [2.75, 3.05) is 0 Å². The van der Waals surface area contributed by atoms with Crippen LogP contribution in [0.15, 0.2) is 0 Å². The molecule has 5 nitrogen and oxygen atoms in total. The maximum absolute atomic E-state index is 12.3. The average molecular weight is 308 g/mol. The van der Waals surface area contributed by atoms with Crippen LogP contribution in [0.1, 0.15) is 47.0 Å². The summed E-state index contributed by atoms with van der Waals surface area (Å²) in [5.74, 6) is -0.570. The highest BCUT2D eigenvalue weighted by Gasteiger charge is 2.60. The van der Waals surface area contributed by atoms with Crippen molar-refractivity contribution in [1.82, 2.24) is 0 Å². The van der Waals surface area contributed by atoms with Gasteiger partial charge in [0.15, 0.2) is 0 Å². The Morgan fingerprint density at radius 3 is 2.59 bits per heavy atom. The molecule has 3 aliphatic rings. The van der Waals surface area contributed by atoms with E-state index in [4.69, 9.17) is 9.47 Å². The van der Waals surface area contributed by atoms with Crippen LogP contribution in [0, 0.1) is 29.6 Å². The molecule has 122 valence electrons. The topological polar surface area (TPSA) is 69.7 Å². The summed E-state index contributed by atoms with van der Waals surface area (Å²) in [7, 11) is 0. The molecule has 1 saturated heterocycles. The van der Waals surface area contributed by atoms with Crippen LogP contribution < -0.4 is 0 Å². The predicted molar refractivity (Wildman–Crippen MR) is 77.7 cm³/mol. The Balaban J connectivity index is 2.00. The van der Waals surface area contributed by atoms with Crippen LogP contribution in [0.5, 0.6) is 0 Å². The van der Waals surface area contributed by atoms with Crippen LogP contribution in [0.2, 0.25) is 0 Å². The van der Waals surface area contributed by atoms with Gasteiger partial charge in [0.1, 0.15) is 17.5 Å². The number of carbonyl (C=O) groups excluding carboxylic acids is 3. The monoisotopic (exact) mass is 308 g/mol. The van der Waals surface area contributed by atoms with Crippen molar-refractivity contribution in [2.45, 2.75) is 58.7 Å². The Morgan fingerprint density at radius 2 is 1.95 bits per heavy atom. The number of ether oxygens (including phenoxy) is 2. The molecular weight excluding hydrogens is 284 g/mol. The zero-order valence-electron chi connectivity index (χ0n) is 13.6. The number of hydrogen-bond acceptors (Lipinski definition) is 5. The third-order valence-electron chi connectivity index (χ3n) is 6.17. The summed E-state index contributed by atoms with van der Waals surface area (Å²) < 4.78 is 11.3. The summed E-state index contributed by atoms with van der Waals surface area (Å²) in [5, 5.41) is 0. The van der Waals surface area contributed by atoms with Crippen molar-refractivity contribution >= 4 is 17.7 Å². The van der Waals surface area contributed by atoms with Gasteiger partial charge in [-0.2, -0.15) is 0 Å². The summed E-state index contributed by atoms with van der Waals surface area (Å²) in [6.45, 7) is 7.16. The predicted octanol–water partition coefficient (Wildman–Crippen LogP) is 2.12. The van der Waals surface area contributed by atoms with Gasteiger partial charge >= 0.3 is 11.9 Å². The Bertz CT molecular complexity index is 527. The molecule has 0 spiro atoms. The van der Waals surface area contributed by atoms with Crippen LogP contribution >= 0.6 is 0 Å². The summed E-state index contributed by atoms with van der Waals surface area (Å²) in [5.41, 5.74) is -0.645. The van der Waals surface area contributed by atoms with E-state index in [1.807, 2.05) is 20.8 Å². The number of ketones is 1. The fraction of sp³-hybridized carbons (Fsp3) is 0.824. The van der Waals surface area contributed by atoms with Crippen LogP contribution in [-0.2, 0) is 23.9 Å². The molecule has 0 amide bonds. The standard InChI is InChI=1S/C17H24O5/c1-8-11-5-6-17(4,22-10(3)18)12-7-13(19)9(2)14(12)15(11)21-16(8)20/h8-9,11-12,14-15H,5-7H2,1-4H3/t8-,9+,11-,12+,14-,15-,17+/m0/s1. The number of Topliss-reactive ketones (excluding diaryl/α,β-unsaturated/α-hetero) is 1. The zero-order chi connectivity index (χ0) is 16.2. The lowest BCUT2D eigenvalue weighted by atomic mass is 9.75.